The van der Waals surface area contributed by atoms with E-state index in [1.165, 1.54) is 0 Å². The summed E-state index contributed by atoms with van der Waals surface area (Å²) in [5.74, 6) is 0.479. The molecule has 0 aliphatic carbocycles. The van der Waals surface area contributed by atoms with E-state index in [0.29, 0.717) is 5.82 Å². The van der Waals surface area contributed by atoms with Gasteiger partial charge in [-0.25, -0.2) is 0 Å². The molecule has 0 amide bonds. The lowest BCUT2D eigenvalue weighted by Gasteiger charge is -2.16. The van der Waals surface area contributed by atoms with Crippen LogP contribution in [0.5, 0.6) is 0 Å². The largest absolute Gasteiger partial charge is 0.382 e. The van der Waals surface area contributed by atoms with E-state index >= 15 is 0 Å². The molecule has 3 nitrogen and oxygen atoms in total. The lowest BCUT2D eigenvalue weighted by molar-refractivity contribution is 0.404. The van der Waals surface area contributed by atoms with Crippen molar-refractivity contribution in [1.82, 2.24) is 10.2 Å². The molecule has 3 heteroatoms. The van der Waals surface area contributed by atoms with Crippen molar-refractivity contribution in [2.45, 2.75) is 27.2 Å². The monoisotopic (exact) mass is 165 g/mol. The maximum absolute atomic E-state index is 5.42. The molecule has 1 aromatic heterocycles. The van der Waals surface area contributed by atoms with Crippen LogP contribution >= 0.6 is 0 Å². The van der Waals surface area contributed by atoms with Gasteiger partial charge in [0.25, 0.3) is 0 Å². The molecule has 1 heterocycles. The summed E-state index contributed by atoms with van der Waals surface area (Å²) < 4.78 is 0. The molecule has 0 aromatic carbocycles. The second-order valence-corrected chi connectivity index (χ2v) is 4.19. The molecular weight excluding hydrogens is 150 g/mol. The Bertz CT molecular complexity index is 245. The molecule has 1 rings (SSSR count). The number of hydrogen-bond acceptors (Lipinski definition) is 3. The van der Waals surface area contributed by atoms with Crippen LogP contribution in [0.2, 0.25) is 0 Å². The highest BCUT2D eigenvalue weighted by atomic mass is 15.1. The second kappa shape index (κ2) is 3.09. The Morgan fingerprint density at radius 1 is 1.25 bits per heavy atom. The third-order valence-corrected chi connectivity index (χ3v) is 1.45. The predicted octanol–water partition coefficient (Wildman–Crippen LogP) is 1.65. The molecule has 1 aromatic rings. The Morgan fingerprint density at radius 3 is 2.33 bits per heavy atom. The van der Waals surface area contributed by atoms with E-state index < -0.39 is 0 Å². The second-order valence-electron chi connectivity index (χ2n) is 4.19. The van der Waals surface area contributed by atoms with Crippen LogP contribution in [0.15, 0.2) is 12.1 Å². The highest BCUT2D eigenvalue weighted by molar-refractivity contribution is 5.25. The summed E-state index contributed by atoms with van der Waals surface area (Å²) in [6.45, 7) is 6.51. The van der Waals surface area contributed by atoms with Gasteiger partial charge in [-0.1, -0.05) is 20.8 Å². The zero-order valence-corrected chi connectivity index (χ0v) is 7.83. The number of aromatic nitrogens is 2. The van der Waals surface area contributed by atoms with Crippen LogP contribution in [0.1, 0.15) is 26.5 Å². The topological polar surface area (TPSA) is 51.8 Å². The van der Waals surface area contributed by atoms with Crippen LogP contribution in [0, 0.1) is 5.41 Å². The Morgan fingerprint density at radius 2 is 1.92 bits per heavy atom. The van der Waals surface area contributed by atoms with Gasteiger partial charge in [-0.15, -0.1) is 5.10 Å². The normalized spacial score (nSPS) is 11.6. The van der Waals surface area contributed by atoms with Gasteiger partial charge >= 0.3 is 0 Å². The zero-order valence-electron chi connectivity index (χ0n) is 7.83. The van der Waals surface area contributed by atoms with Gasteiger partial charge in [-0.05, 0) is 24.0 Å². The molecule has 0 spiro atoms. The number of nitrogens with two attached hydrogens (primary N) is 1. The van der Waals surface area contributed by atoms with Gasteiger partial charge in [0.05, 0.1) is 5.69 Å². The van der Waals surface area contributed by atoms with Crippen molar-refractivity contribution in [1.29, 1.82) is 0 Å². The van der Waals surface area contributed by atoms with Crippen molar-refractivity contribution >= 4 is 5.82 Å². The number of nitrogen functional groups attached to an aromatic ring is 1. The molecule has 66 valence electrons. The lowest BCUT2D eigenvalue weighted by Crippen LogP contribution is -2.11. The molecule has 0 aliphatic heterocycles. The highest BCUT2D eigenvalue weighted by Gasteiger charge is 2.11. The number of nitrogens with zero attached hydrogens (tertiary/aromatic N) is 2. The van der Waals surface area contributed by atoms with Gasteiger partial charge in [0, 0.05) is 0 Å². The van der Waals surface area contributed by atoms with Crippen LogP contribution in [0.25, 0.3) is 0 Å². The molecule has 0 aliphatic rings. The van der Waals surface area contributed by atoms with Gasteiger partial charge in [-0.3, -0.25) is 0 Å². The molecule has 0 fully saturated rings. The van der Waals surface area contributed by atoms with E-state index in [4.69, 9.17) is 5.73 Å². The fourth-order valence-electron chi connectivity index (χ4n) is 1.01. The summed E-state index contributed by atoms with van der Waals surface area (Å²) >= 11 is 0. The molecule has 0 saturated heterocycles. The third-order valence-electron chi connectivity index (χ3n) is 1.45. The minimum absolute atomic E-state index is 0.255. The number of hydrogen-bond donors (Lipinski definition) is 1. The molecule has 0 atom stereocenters. The minimum atomic E-state index is 0.255. The average Bonchev–Trinajstić information content (AvgIpc) is 1.91. The predicted molar refractivity (Wildman–Crippen MR) is 49.6 cm³/mol. The van der Waals surface area contributed by atoms with Crippen molar-refractivity contribution in [2.75, 3.05) is 5.73 Å². The first kappa shape index (κ1) is 8.97. The standard InChI is InChI=1S/C9H15N3/c1-9(2,3)6-7-4-5-8(10)12-11-7/h4-5H,6H2,1-3H3,(H2,10,12). The van der Waals surface area contributed by atoms with Crippen molar-refractivity contribution in [3.05, 3.63) is 17.8 Å². The van der Waals surface area contributed by atoms with Gasteiger partial charge in [0.2, 0.25) is 0 Å². The van der Waals surface area contributed by atoms with Crippen molar-refractivity contribution in [3.8, 4) is 0 Å². The van der Waals surface area contributed by atoms with E-state index in [2.05, 4.69) is 31.0 Å². The lowest BCUT2D eigenvalue weighted by atomic mass is 9.90. The summed E-state index contributed by atoms with van der Waals surface area (Å²) in [5.41, 5.74) is 6.67. The summed E-state index contributed by atoms with van der Waals surface area (Å²) in [6, 6.07) is 3.71. The smallest absolute Gasteiger partial charge is 0.146 e. The summed E-state index contributed by atoms with van der Waals surface area (Å²) in [4.78, 5) is 0. The number of anilines is 1. The van der Waals surface area contributed by atoms with E-state index in [0.717, 1.165) is 12.1 Å². The van der Waals surface area contributed by atoms with Crippen LogP contribution in [0.4, 0.5) is 5.82 Å². The Balaban J connectivity index is 2.71. The SMILES string of the molecule is CC(C)(C)Cc1ccc(N)nn1. The maximum atomic E-state index is 5.42. The minimum Gasteiger partial charge on any atom is -0.382 e. The van der Waals surface area contributed by atoms with Crippen LogP contribution in [-0.4, -0.2) is 10.2 Å². The molecule has 0 saturated carbocycles. The highest BCUT2D eigenvalue weighted by Crippen LogP contribution is 2.18. The maximum Gasteiger partial charge on any atom is 0.146 e. The van der Waals surface area contributed by atoms with Crippen LogP contribution in [0.3, 0.4) is 0 Å². The van der Waals surface area contributed by atoms with Crippen molar-refractivity contribution < 1.29 is 0 Å². The van der Waals surface area contributed by atoms with E-state index in [9.17, 15) is 0 Å². The summed E-state index contributed by atoms with van der Waals surface area (Å²) in [5, 5.41) is 7.78. The van der Waals surface area contributed by atoms with Crippen LogP contribution in [-0.2, 0) is 6.42 Å². The molecule has 12 heavy (non-hydrogen) atoms. The first-order chi connectivity index (χ1) is 5.47. The molecular formula is C9H15N3. The van der Waals surface area contributed by atoms with Gasteiger partial charge < -0.3 is 5.73 Å². The fraction of sp³-hybridized carbons (Fsp3) is 0.556. The van der Waals surface area contributed by atoms with Crippen molar-refractivity contribution in [3.63, 3.8) is 0 Å². The Kier molecular flexibility index (Phi) is 2.31. The Labute approximate surface area is 73.0 Å². The van der Waals surface area contributed by atoms with E-state index in [1.807, 2.05) is 6.07 Å². The van der Waals surface area contributed by atoms with Gasteiger partial charge in [0.1, 0.15) is 5.82 Å². The first-order valence-electron chi connectivity index (χ1n) is 4.05. The average molecular weight is 165 g/mol. The molecule has 0 radical (unpaired) electrons. The third kappa shape index (κ3) is 2.86. The zero-order chi connectivity index (χ0) is 9.19. The fourth-order valence-corrected chi connectivity index (χ4v) is 1.01. The molecule has 0 unspecified atom stereocenters. The van der Waals surface area contributed by atoms with Gasteiger partial charge in [0.15, 0.2) is 0 Å². The first-order valence-corrected chi connectivity index (χ1v) is 4.05. The summed E-state index contributed by atoms with van der Waals surface area (Å²) in [6.07, 6.45) is 0.931. The molecule has 2 N–H and O–H groups in total. The van der Waals surface area contributed by atoms with Crippen molar-refractivity contribution in [2.24, 2.45) is 5.41 Å². The van der Waals surface area contributed by atoms with Gasteiger partial charge in [-0.2, -0.15) is 5.10 Å². The van der Waals surface area contributed by atoms with Crippen LogP contribution < -0.4 is 5.73 Å². The Hall–Kier alpha value is -1.12. The van der Waals surface area contributed by atoms with E-state index in [-0.39, 0.29) is 5.41 Å². The summed E-state index contributed by atoms with van der Waals surface area (Å²) in [7, 11) is 0. The molecule has 0 bridgehead atoms. The number of rotatable bonds is 1. The quantitative estimate of drug-likeness (QED) is 0.688. The van der Waals surface area contributed by atoms with E-state index in [1.54, 1.807) is 6.07 Å².